The molecule has 1 N–H and O–H groups in total. The molecule has 1 amide bonds. The van der Waals surface area contributed by atoms with Crippen LogP contribution in [0.5, 0.6) is 0 Å². The summed E-state index contributed by atoms with van der Waals surface area (Å²) in [5.74, 6) is 2.23. The first-order valence-electron chi connectivity index (χ1n) is 3.79. The number of nitrogens with one attached hydrogen (secondary N) is 1. The fourth-order valence-electron chi connectivity index (χ4n) is 1.00. The molecule has 0 aromatic rings. The molecule has 0 unspecified atom stereocenters. The maximum absolute atomic E-state index is 10.7. The van der Waals surface area contributed by atoms with Gasteiger partial charge in [-0.3, -0.25) is 0 Å². The van der Waals surface area contributed by atoms with Crippen molar-refractivity contribution in [2.75, 3.05) is 18.6 Å². The molecule has 4 heteroatoms. The largest absolute Gasteiger partial charge is 0.446 e. The van der Waals surface area contributed by atoms with E-state index in [0.717, 1.165) is 24.3 Å². The van der Waals surface area contributed by atoms with Gasteiger partial charge in [-0.25, -0.2) is 4.79 Å². The minimum Gasteiger partial charge on any atom is -0.446 e. The second kappa shape index (κ2) is 4.49. The van der Waals surface area contributed by atoms with E-state index >= 15 is 0 Å². The van der Waals surface area contributed by atoms with Crippen molar-refractivity contribution >= 4 is 17.9 Å². The van der Waals surface area contributed by atoms with E-state index in [9.17, 15) is 4.79 Å². The van der Waals surface area contributed by atoms with Gasteiger partial charge in [0.05, 0.1) is 0 Å². The first-order chi connectivity index (χ1) is 5.33. The van der Waals surface area contributed by atoms with Crippen LogP contribution in [0.4, 0.5) is 4.79 Å². The van der Waals surface area contributed by atoms with Gasteiger partial charge in [0.25, 0.3) is 0 Å². The highest BCUT2D eigenvalue weighted by Gasteiger charge is 2.16. The van der Waals surface area contributed by atoms with Crippen molar-refractivity contribution in [2.45, 2.75) is 18.9 Å². The van der Waals surface area contributed by atoms with Crippen LogP contribution in [0, 0.1) is 0 Å². The Hall–Kier alpha value is -0.380. The molecule has 1 saturated heterocycles. The molecule has 64 valence electrons. The molecule has 0 aromatic heterocycles. The zero-order valence-corrected chi connectivity index (χ0v) is 7.45. The molecule has 0 spiro atoms. The van der Waals surface area contributed by atoms with Gasteiger partial charge in [-0.2, -0.15) is 11.8 Å². The second-order valence-corrected chi connectivity index (χ2v) is 3.69. The van der Waals surface area contributed by atoms with Crippen LogP contribution in [0.3, 0.4) is 0 Å². The third-order valence-corrected chi connectivity index (χ3v) is 2.69. The number of carbonyl (C=O) groups is 1. The molecule has 1 aliphatic heterocycles. The summed E-state index contributed by atoms with van der Waals surface area (Å²) in [4.78, 5) is 10.7. The molecule has 1 aliphatic rings. The second-order valence-electron chi connectivity index (χ2n) is 2.47. The summed E-state index contributed by atoms with van der Waals surface area (Å²) in [6.07, 6.45) is 1.84. The van der Waals surface area contributed by atoms with Crippen molar-refractivity contribution in [1.82, 2.24) is 5.32 Å². The third-order valence-electron chi connectivity index (χ3n) is 1.65. The summed E-state index contributed by atoms with van der Waals surface area (Å²) in [6.45, 7) is 0. The molecule has 0 saturated carbocycles. The van der Waals surface area contributed by atoms with Gasteiger partial charge in [0.2, 0.25) is 0 Å². The molecule has 0 radical (unpaired) electrons. The van der Waals surface area contributed by atoms with Crippen LogP contribution in [-0.2, 0) is 4.74 Å². The number of hydrogen-bond acceptors (Lipinski definition) is 3. The molecule has 0 aromatic carbocycles. The van der Waals surface area contributed by atoms with Crippen molar-refractivity contribution in [1.29, 1.82) is 0 Å². The van der Waals surface area contributed by atoms with Crippen molar-refractivity contribution < 1.29 is 9.53 Å². The third kappa shape index (κ3) is 3.01. The lowest BCUT2D eigenvalue weighted by atomic mass is 10.2. The Balaban J connectivity index is 2.19. The lowest BCUT2D eigenvalue weighted by Crippen LogP contribution is -2.28. The monoisotopic (exact) mass is 175 g/mol. The summed E-state index contributed by atoms with van der Waals surface area (Å²) in [5, 5.41) is 2.44. The lowest BCUT2D eigenvalue weighted by Gasteiger charge is -2.20. The number of hydrogen-bond donors (Lipinski definition) is 1. The number of rotatable bonds is 1. The highest BCUT2D eigenvalue weighted by Crippen LogP contribution is 2.19. The molecule has 3 nitrogen and oxygen atoms in total. The fourth-order valence-corrected chi connectivity index (χ4v) is 2.07. The Labute approximate surface area is 70.9 Å². The van der Waals surface area contributed by atoms with Crippen LogP contribution in [-0.4, -0.2) is 30.8 Å². The van der Waals surface area contributed by atoms with E-state index in [1.807, 2.05) is 11.8 Å². The minimum atomic E-state index is -0.304. The topological polar surface area (TPSA) is 38.3 Å². The van der Waals surface area contributed by atoms with Gasteiger partial charge in [-0.05, 0) is 24.3 Å². The number of carbonyl (C=O) groups excluding carboxylic acids is 1. The van der Waals surface area contributed by atoms with E-state index in [0.29, 0.717) is 0 Å². The van der Waals surface area contributed by atoms with Crippen molar-refractivity contribution in [3.05, 3.63) is 0 Å². The van der Waals surface area contributed by atoms with Gasteiger partial charge in [-0.15, -0.1) is 0 Å². The molecule has 1 rings (SSSR count). The number of amides is 1. The van der Waals surface area contributed by atoms with Gasteiger partial charge < -0.3 is 10.1 Å². The van der Waals surface area contributed by atoms with Gasteiger partial charge >= 0.3 is 6.09 Å². The van der Waals surface area contributed by atoms with Crippen LogP contribution < -0.4 is 5.32 Å². The van der Waals surface area contributed by atoms with Crippen molar-refractivity contribution in [3.63, 3.8) is 0 Å². The standard InChI is InChI=1S/C7H13NO2S/c1-8-7(9)10-6-2-4-11-5-3-6/h6H,2-5H2,1H3,(H,8,9). The minimum absolute atomic E-state index is 0.149. The van der Waals surface area contributed by atoms with E-state index < -0.39 is 0 Å². The summed E-state index contributed by atoms with van der Waals surface area (Å²) >= 11 is 1.92. The Morgan fingerprint density at radius 1 is 1.55 bits per heavy atom. The molecule has 0 atom stereocenters. The van der Waals surface area contributed by atoms with Crippen molar-refractivity contribution in [3.8, 4) is 0 Å². The zero-order chi connectivity index (χ0) is 8.10. The number of thioether (sulfide) groups is 1. The van der Waals surface area contributed by atoms with Crippen LogP contribution in [0.15, 0.2) is 0 Å². The molecule has 1 fully saturated rings. The molecule has 1 heterocycles. The molecular weight excluding hydrogens is 162 g/mol. The van der Waals surface area contributed by atoms with E-state index in [1.54, 1.807) is 7.05 Å². The van der Waals surface area contributed by atoms with Crippen LogP contribution in [0.1, 0.15) is 12.8 Å². The van der Waals surface area contributed by atoms with Crippen LogP contribution in [0.2, 0.25) is 0 Å². The van der Waals surface area contributed by atoms with Gasteiger partial charge in [0.1, 0.15) is 6.10 Å². The van der Waals surface area contributed by atoms with E-state index in [4.69, 9.17) is 4.74 Å². The van der Waals surface area contributed by atoms with E-state index in [-0.39, 0.29) is 12.2 Å². The normalized spacial score (nSPS) is 19.4. The highest BCUT2D eigenvalue weighted by molar-refractivity contribution is 7.99. The van der Waals surface area contributed by atoms with Gasteiger partial charge in [0.15, 0.2) is 0 Å². The predicted octanol–water partition coefficient (Wildman–Crippen LogP) is 1.24. The Morgan fingerprint density at radius 2 is 2.18 bits per heavy atom. The SMILES string of the molecule is CNC(=O)OC1CCSCC1. The maximum Gasteiger partial charge on any atom is 0.407 e. The summed E-state index contributed by atoms with van der Waals surface area (Å²) < 4.78 is 5.08. The summed E-state index contributed by atoms with van der Waals surface area (Å²) in [6, 6.07) is 0. The molecular formula is C7H13NO2S. The highest BCUT2D eigenvalue weighted by atomic mass is 32.2. The van der Waals surface area contributed by atoms with Gasteiger partial charge in [-0.1, -0.05) is 0 Å². The summed E-state index contributed by atoms with van der Waals surface area (Å²) in [5.41, 5.74) is 0. The summed E-state index contributed by atoms with van der Waals surface area (Å²) in [7, 11) is 1.58. The van der Waals surface area contributed by atoms with E-state index in [2.05, 4.69) is 5.32 Å². The maximum atomic E-state index is 10.7. The van der Waals surface area contributed by atoms with E-state index in [1.165, 1.54) is 0 Å². The fraction of sp³-hybridized carbons (Fsp3) is 0.857. The Morgan fingerprint density at radius 3 is 2.73 bits per heavy atom. The smallest absolute Gasteiger partial charge is 0.407 e. The Bertz CT molecular complexity index is 134. The van der Waals surface area contributed by atoms with Crippen LogP contribution in [0.25, 0.3) is 0 Å². The predicted molar refractivity (Wildman–Crippen MR) is 45.9 cm³/mol. The first kappa shape index (κ1) is 8.71. The molecule has 11 heavy (non-hydrogen) atoms. The number of ether oxygens (including phenoxy) is 1. The number of alkyl carbamates (subject to hydrolysis) is 1. The lowest BCUT2D eigenvalue weighted by molar-refractivity contribution is 0.0946. The average Bonchev–Trinajstić information content (AvgIpc) is 2.06. The van der Waals surface area contributed by atoms with Gasteiger partial charge in [0, 0.05) is 7.05 Å². The van der Waals surface area contributed by atoms with Crippen LogP contribution >= 0.6 is 11.8 Å². The first-order valence-corrected chi connectivity index (χ1v) is 4.94. The van der Waals surface area contributed by atoms with Crippen molar-refractivity contribution in [2.24, 2.45) is 0 Å². The average molecular weight is 175 g/mol. The molecule has 0 aliphatic carbocycles. The zero-order valence-electron chi connectivity index (χ0n) is 6.63. The quantitative estimate of drug-likeness (QED) is 0.651. The Kier molecular flexibility index (Phi) is 3.56. The molecule has 0 bridgehead atoms.